The van der Waals surface area contributed by atoms with E-state index in [0.29, 0.717) is 18.2 Å². The van der Waals surface area contributed by atoms with E-state index in [4.69, 9.17) is 5.11 Å². The summed E-state index contributed by atoms with van der Waals surface area (Å²) in [5, 5.41) is 10.9. The van der Waals surface area contributed by atoms with Crippen LogP contribution in [0.2, 0.25) is 0 Å². The standard InChI is InChI=1S/C13H13F4NO3/c1-6(12(20)21)7(2)18-11(19)9-5-8(13(15,16)17)3-4-10(9)14/h3-7H,1-2H3,(H,18,19)(H,20,21). The molecule has 0 radical (unpaired) electrons. The number of alkyl halides is 3. The highest BCUT2D eigenvalue weighted by Crippen LogP contribution is 2.30. The van der Waals surface area contributed by atoms with Gasteiger partial charge < -0.3 is 10.4 Å². The van der Waals surface area contributed by atoms with Crippen LogP contribution < -0.4 is 5.32 Å². The molecule has 0 aliphatic rings. The average molecular weight is 307 g/mol. The molecule has 1 aromatic rings. The zero-order chi connectivity index (χ0) is 16.4. The molecule has 1 amide bonds. The third kappa shape index (κ3) is 4.17. The molecule has 0 bridgehead atoms. The number of nitrogens with one attached hydrogen (secondary N) is 1. The van der Waals surface area contributed by atoms with Crippen molar-refractivity contribution in [2.75, 3.05) is 0 Å². The Hall–Kier alpha value is -2.12. The van der Waals surface area contributed by atoms with Gasteiger partial charge in [0.2, 0.25) is 0 Å². The number of halogens is 4. The van der Waals surface area contributed by atoms with Crippen LogP contribution in [0.1, 0.15) is 29.8 Å². The molecule has 1 rings (SSSR count). The summed E-state index contributed by atoms with van der Waals surface area (Å²) >= 11 is 0. The second-order valence-electron chi connectivity index (χ2n) is 4.58. The van der Waals surface area contributed by atoms with Gasteiger partial charge in [-0.25, -0.2) is 4.39 Å². The van der Waals surface area contributed by atoms with Crippen molar-refractivity contribution in [1.82, 2.24) is 5.32 Å². The molecule has 0 aliphatic heterocycles. The van der Waals surface area contributed by atoms with Gasteiger partial charge in [0.05, 0.1) is 17.0 Å². The van der Waals surface area contributed by atoms with E-state index in [1.807, 2.05) is 0 Å². The van der Waals surface area contributed by atoms with Gasteiger partial charge in [-0.3, -0.25) is 9.59 Å². The number of carbonyl (C=O) groups is 2. The lowest BCUT2D eigenvalue weighted by molar-refractivity contribution is -0.141. The summed E-state index contributed by atoms with van der Waals surface area (Å²) in [6.07, 6.45) is -4.71. The lowest BCUT2D eigenvalue weighted by Gasteiger charge is -2.18. The Kier molecular flexibility index (Phi) is 4.93. The molecule has 4 nitrogen and oxygen atoms in total. The summed E-state index contributed by atoms with van der Waals surface area (Å²) in [5.41, 5.74) is -1.94. The largest absolute Gasteiger partial charge is 0.481 e. The number of carbonyl (C=O) groups excluding carboxylic acids is 1. The van der Waals surface area contributed by atoms with Crippen LogP contribution in [0, 0.1) is 11.7 Å². The third-order valence-electron chi connectivity index (χ3n) is 3.04. The number of benzene rings is 1. The van der Waals surface area contributed by atoms with E-state index in [1.165, 1.54) is 13.8 Å². The first-order valence-corrected chi connectivity index (χ1v) is 5.94. The maximum Gasteiger partial charge on any atom is 0.416 e. The van der Waals surface area contributed by atoms with Crippen molar-refractivity contribution in [3.63, 3.8) is 0 Å². The molecule has 2 N–H and O–H groups in total. The van der Waals surface area contributed by atoms with Crippen molar-refractivity contribution in [3.05, 3.63) is 35.1 Å². The quantitative estimate of drug-likeness (QED) is 0.841. The normalized spacial score (nSPS) is 14.4. The van der Waals surface area contributed by atoms with Crippen molar-refractivity contribution in [2.24, 2.45) is 5.92 Å². The molecule has 0 saturated heterocycles. The zero-order valence-corrected chi connectivity index (χ0v) is 11.2. The Morgan fingerprint density at radius 2 is 1.81 bits per heavy atom. The second kappa shape index (κ2) is 6.11. The van der Waals surface area contributed by atoms with Gasteiger partial charge in [0.1, 0.15) is 5.82 Å². The Bertz CT molecular complexity index is 557. The van der Waals surface area contributed by atoms with Gasteiger partial charge in [-0.15, -0.1) is 0 Å². The number of rotatable bonds is 4. The van der Waals surface area contributed by atoms with E-state index in [2.05, 4.69) is 5.32 Å². The Morgan fingerprint density at radius 1 is 1.24 bits per heavy atom. The minimum Gasteiger partial charge on any atom is -0.481 e. The fourth-order valence-electron chi connectivity index (χ4n) is 1.50. The highest BCUT2D eigenvalue weighted by atomic mass is 19.4. The lowest BCUT2D eigenvalue weighted by Crippen LogP contribution is -2.40. The molecule has 2 atom stereocenters. The van der Waals surface area contributed by atoms with Gasteiger partial charge in [0, 0.05) is 6.04 Å². The van der Waals surface area contributed by atoms with Gasteiger partial charge in [-0.2, -0.15) is 13.2 Å². The molecule has 2 unspecified atom stereocenters. The summed E-state index contributed by atoms with van der Waals surface area (Å²) in [6, 6.07) is 0.588. The number of hydrogen-bond acceptors (Lipinski definition) is 2. The highest BCUT2D eigenvalue weighted by molar-refractivity contribution is 5.95. The van der Waals surface area contributed by atoms with Gasteiger partial charge in [-0.05, 0) is 32.0 Å². The summed E-state index contributed by atoms with van der Waals surface area (Å²) < 4.78 is 51.1. The molecular formula is C13H13F4NO3. The molecule has 0 aliphatic carbocycles. The molecule has 1 aromatic carbocycles. The maximum absolute atomic E-state index is 13.5. The molecule has 0 fully saturated rings. The molecule has 0 aromatic heterocycles. The van der Waals surface area contributed by atoms with Gasteiger partial charge in [0.25, 0.3) is 5.91 Å². The summed E-state index contributed by atoms with van der Waals surface area (Å²) in [5.74, 6) is -4.37. The highest BCUT2D eigenvalue weighted by Gasteiger charge is 2.32. The fourth-order valence-corrected chi connectivity index (χ4v) is 1.50. The smallest absolute Gasteiger partial charge is 0.416 e. The fraction of sp³-hybridized carbons (Fsp3) is 0.385. The molecule has 0 saturated carbocycles. The minimum absolute atomic E-state index is 0.392. The number of aliphatic carboxylic acids is 1. The van der Waals surface area contributed by atoms with E-state index < -0.39 is 47.0 Å². The summed E-state index contributed by atoms with van der Waals surface area (Å²) in [7, 11) is 0. The molecule has 8 heteroatoms. The van der Waals surface area contributed by atoms with Crippen LogP contribution >= 0.6 is 0 Å². The monoisotopic (exact) mass is 307 g/mol. The predicted octanol–water partition coefficient (Wildman–Crippen LogP) is 2.68. The van der Waals surface area contributed by atoms with Crippen molar-refractivity contribution >= 4 is 11.9 Å². The van der Waals surface area contributed by atoms with Crippen LogP contribution in [0.4, 0.5) is 17.6 Å². The number of carboxylic acids is 1. The predicted molar refractivity (Wildman–Crippen MR) is 65.1 cm³/mol. The van der Waals surface area contributed by atoms with E-state index in [9.17, 15) is 27.2 Å². The molecule has 116 valence electrons. The number of hydrogen-bond donors (Lipinski definition) is 2. The second-order valence-corrected chi connectivity index (χ2v) is 4.58. The first-order valence-electron chi connectivity index (χ1n) is 5.94. The molecular weight excluding hydrogens is 294 g/mol. The topological polar surface area (TPSA) is 66.4 Å². The van der Waals surface area contributed by atoms with Crippen LogP contribution in [0.3, 0.4) is 0 Å². The van der Waals surface area contributed by atoms with Gasteiger partial charge >= 0.3 is 12.1 Å². The van der Waals surface area contributed by atoms with E-state index in [1.54, 1.807) is 0 Å². The first-order chi connectivity index (χ1) is 9.54. The molecule has 0 spiro atoms. The van der Waals surface area contributed by atoms with E-state index in [0.717, 1.165) is 0 Å². The van der Waals surface area contributed by atoms with Crippen LogP contribution in [-0.4, -0.2) is 23.0 Å². The lowest BCUT2D eigenvalue weighted by atomic mass is 10.0. The maximum atomic E-state index is 13.5. The van der Waals surface area contributed by atoms with Crippen molar-refractivity contribution in [1.29, 1.82) is 0 Å². The van der Waals surface area contributed by atoms with Crippen LogP contribution in [0.5, 0.6) is 0 Å². The molecule has 0 heterocycles. The van der Waals surface area contributed by atoms with Crippen LogP contribution in [0.15, 0.2) is 18.2 Å². The van der Waals surface area contributed by atoms with Gasteiger partial charge in [0.15, 0.2) is 0 Å². The first kappa shape index (κ1) is 16.9. The number of carboxylic acid groups (broad SMARTS) is 1. The average Bonchev–Trinajstić information content (AvgIpc) is 2.36. The Labute approximate surface area is 117 Å². The third-order valence-corrected chi connectivity index (χ3v) is 3.04. The Morgan fingerprint density at radius 3 is 2.29 bits per heavy atom. The summed E-state index contributed by atoms with van der Waals surface area (Å²) in [4.78, 5) is 22.5. The van der Waals surface area contributed by atoms with Crippen LogP contribution in [-0.2, 0) is 11.0 Å². The van der Waals surface area contributed by atoms with Crippen molar-refractivity contribution in [3.8, 4) is 0 Å². The number of amides is 1. The summed E-state index contributed by atoms with van der Waals surface area (Å²) in [6.45, 7) is 2.68. The SMILES string of the molecule is CC(NC(=O)c1cc(C(F)(F)F)ccc1F)C(C)C(=O)O. The van der Waals surface area contributed by atoms with Crippen LogP contribution in [0.25, 0.3) is 0 Å². The Balaban J connectivity index is 3.00. The minimum atomic E-state index is -4.71. The van der Waals surface area contributed by atoms with Crippen molar-refractivity contribution < 1.29 is 32.3 Å². The van der Waals surface area contributed by atoms with Crippen molar-refractivity contribution in [2.45, 2.75) is 26.1 Å². The van der Waals surface area contributed by atoms with E-state index >= 15 is 0 Å². The zero-order valence-electron chi connectivity index (χ0n) is 11.2. The van der Waals surface area contributed by atoms with Gasteiger partial charge in [-0.1, -0.05) is 0 Å². The van der Waals surface area contributed by atoms with E-state index in [-0.39, 0.29) is 0 Å². The molecule has 21 heavy (non-hydrogen) atoms.